The molecule has 1 rings (SSSR count). The van der Waals surface area contributed by atoms with Gasteiger partial charge in [0, 0.05) is 0 Å². The van der Waals surface area contributed by atoms with Gasteiger partial charge in [-0.15, -0.1) is 0 Å². The Bertz CT molecular complexity index is 271. The van der Waals surface area contributed by atoms with Crippen molar-refractivity contribution in [1.82, 2.24) is 0 Å². The van der Waals surface area contributed by atoms with Crippen molar-refractivity contribution in [1.29, 1.82) is 0 Å². The summed E-state index contributed by atoms with van der Waals surface area (Å²) in [5.74, 6) is 0.676. The number of hydrogen-bond acceptors (Lipinski definition) is 2. The van der Waals surface area contributed by atoms with Crippen molar-refractivity contribution in [2.45, 2.75) is 26.2 Å². The van der Waals surface area contributed by atoms with E-state index < -0.39 is 0 Å². The van der Waals surface area contributed by atoms with Crippen LogP contribution >= 0.6 is 0 Å². The Hall–Kier alpha value is -1.18. The highest BCUT2D eigenvalue weighted by Crippen LogP contribution is 2.26. The fraction of sp³-hybridized carbons (Fsp3) is 0.400. The maximum atomic E-state index is 9.17. The van der Waals surface area contributed by atoms with E-state index in [4.69, 9.17) is 5.73 Å². The van der Waals surface area contributed by atoms with Crippen molar-refractivity contribution in [3.8, 4) is 5.75 Å². The molecule has 2 nitrogen and oxygen atoms in total. The molecule has 0 saturated carbocycles. The Morgan fingerprint density at radius 3 is 2.67 bits per heavy atom. The van der Waals surface area contributed by atoms with Crippen molar-refractivity contribution in [3.63, 3.8) is 0 Å². The van der Waals surface area contributed by atoms with Crippen LogP contribution in [0.1, 0.15) is 31.7 Å². The van der Waals surface area contributed by atoms with Crippen molar-refractivity contribution in [2.24, 2.45) is 0 Å². The molecule has 0 amide bonds. The van der Waals surface area contributed by atoms with E-state index in [-0.39, 0.29) is 5.75 Å². The highest BCUT2D eigenvalue weighted by atomic mass is 16.3. The van der Waals surface area contributed by atoms with Gasteiger partial charge in [-0.3, -0.25) is 0 Å². The standard InChI is InChI=1S/C10H15NO/c1-3-7(2)8-4-5-10(12)9(11)6-8/h4-7,12H,3,11H2,1-2H3/t7-/m0/s1. The fourth-order valence-corrected chi connectivity index (χ4v) is 1.12. The van der Waals surface area contributed by atoms with Crippen LogP contribution in [-0.4, -0.2) is 5.11 Å². The van der Waals surface area contributed by atoms with E-state index in [0.29, 0.717) is 11.6 Å². The predicted molar refractivity (Wildman–Crippen MR) is 51.2 cm³/mol. The average molecular weight is 165 g/mol. The van der Waals surface area contributed by atoms with Crippen LogP contribution in [0.15, 0.2) is 18.2 Å². The first-order valence-corrected chi connectivity index (χ1v) is 4.23. The minimum atomic E-state index is 0.169. The van der Waals surface area contributed by atoms with Gasteiger partial charge in [0.05, 0.1) is 5.69 Å². The highest BCUT2D eigenvalue weighted by molar-refractivity contribution is 5.53. The average Bonchev–Trinajstić information content (AvgIpc) is 2.08. The van der Waals surface area contributed by atoms with Gasteiger partial charge in [0.25, 0.3) is 0 Å². The van der Waals surface area contributed by atoms with Crippen molar-refractivity contribution < 1.29 is 5.11 Å². The van der Waals surface area contributed by atoms with Gasteiger partial charge in [-0.25, -0.2) is 0 Å². The molecule has 1 atom stereocenters. The Balaban J connectivity index is 2.96. The van der Waals surface area contributed by atoms with Gasteiger partial charge in [-0.05, 0) is 30.0 Å². The number of benzene rings is 1. The Morgan fingerprint density at radius 1 is 1.50 bits per heavy atom. The molecule has 0 aliphatic carbocycles. The van der Waals surface area contributed by atoms with E-state index in [2.05, 4.69) is 13.8 Å². The number of phenolic OH excluding ortho intramolecular Hbond substituents is 1. The zero-order valence-electron chi connectivity index (χ0n) is 7.54. The number of phenols is 1. The van der Waals surface area contributed by atoms with E-state index in [1.165, 1.54) is 5.56 Å². The molecule has 0 radical (unpaired) electrons. The lowest BCUT2D eigenvalue weighted by molar-refractivity contribution is 0.477. The number of rotatable bonds is 2. The normalized spacial score (nSPS) is 12.8. The SMILES string of the molecule is CC[C@H](C)c1ccc(O)c(N)c1. The zero-order valence-corrected chi connectivity index (χ0v) is 7.54. The summed E-state index contributed by atoms with van der Waals surface area (Å²) in [4.78, 5) is 0. The number of aromatic hydroxyl groups is 1. The van der Waals surface area contributed by atoms with Crippen LogP contribution in [0.5, 0.6) is 5.75 Å². The minimum absolute atomic E-state index is 0.169. The second kappa shape index (κ2) is 3.48. The third kappa shape index (κ3) is 1.70. The molecular formula is C10H15NO. The van der Waals surface area contributed by atoms with Crippen molar-refractivity contribution >= 4 is 5.69 Å². The molecule has 0 fully saturated rings. The summed E-state index contributed by atoms with van der Waals surface area (Å²) in [7, 11) is 0. The summed E-state index contributed by atoms with van der Waals surface area (Å²) >= 11 is 0. The molecule has 12 heavy (non-hydrogen) atoms. The van der Waals surface area contributed by atoms with Crippen LogP contribution in [0.25, 0.3) is 0 Å². The molecule has 0 aliphatic heterocycles. The molecule has 0 aliphatic rings. The number of anilines is 1. The maximum Gasteiger partial charge on any atom is 0.138 e. The van der Waals surface area contributed by atoms with Gasteiger partial charge in [0.2, 0.25) is 0 Å². The topological polar surface area (TPSA) is 46.2 Å². The molecular weight excluding hydrogens is 150 g/mol. The fourth-order valence-electron chi connectivity index (χ4n) is 1.12. The zero-order chi connectivity index (χ0) is 9.14. The number of hydrogen-bond donors (Lipinski definition) is 2. The lowest BCUT2D eigenvalue weighted by Gasteiger charge is -2.09. The maximum absolute atomic E-state index is 9.17. The van der Waals surface area contributed by atoms with Gasteiger partial charge in [0.1, 0.15) is 5.75 Å². The number of nitrogen functional groups attached to an aromatic ring is 1. The monoisotopic (exact) mass is 165 g/mol. The second-order valence-electron chi connectivity index (χ2n) is 3.13. The molecule has 0 saturated heterocycles. The molecule has 0 spiro atoms. The van der Waals surface area contributed by atoms with Crippen LogP contribution in [0.4, 0.5) is 5.69 Å². The molecule has 1 aromatic carbocycles. The molecule has 0 aromatic heterocycles. The van der Waals surface area contributed by atoms with E-state index in [9.17, 15) is 5.11 Å². The largest absolute Gasteiger partial charge is 0.506 e. The third-order valence-electron chi connectivity index (χ3n) is 2.23. The molecule has 2 heteroatoms. The van der Waals surface area contributed by atoms with Gasteiger partial charge in [-0.1, -0.05) is 19.9 Å². The third-order valence-corrected chi connectivity index (χ3v) is 2.23. The smallest absolute Gasteiger partial charge is 0.138 e. The molecule has 0 heterocycles. The van der Waals surface area contributed by atoms with Crippen LogP contribution in [0.3, 0.4) is 0 Å². The quantitative estimate of drug-likeness (QED) is 0.522. The van der Waals surface area contributed by atoms with E-state index in [1.54, 1.807) is 6.07 Å². The van der Waals surface area contributed by atoms with Crippen LogP contribution in [-0.2, 0) is 0 Å². The Kier molecular flexibility index (Phi) is 2.58. The van der Waals surface area contributed by atoms with E-state index in [0.717, 1.165) is 6.42 Å². The van der Waals surface area contributed by atoms with Crippen LogP contribution < -0.4 is 5.73 Å². The molecule has 0 bridgehead atoms. The summed E-state index contributed by atoms with van der Waals surface area (Å²) in [6.45, 7) is 4.28. The Morgan fingerprint density at radius 2 is 2.17 bits per heavy atom. The first kappa shape index (κ1) is 8.91. The van der Waals surface area contributed by atoms with E-state index in [1.807, 2.05) is 12.1 Å². The molecule has 0 unspecified atom stereocenters. The van der Waals surface area contributed by atoms with Gasteiger partial charge < -0.3 is 10.8 Å². The summed E-state index contributed by atoms with van der Waals surface area (Å²) in [5.41, 5.74) is 7.22. The minimum Gasteiger partial charge on any atom is -0.506 e. The summed E-state index contributed by atoms with van der Waals surface area (Å²) < 4.78 is 0. The highest BCUT2D eigenvalue weighted by Gasteiger charge is 2.04. The lowest BCUT2D eigenvalue weighted by atomic mass is 9.98. The van der Waals surface area contributed by atoms with Gasteiger partial charge in [0.15, 0.2) is 0 Å². The van der Waals surface area contributed by atoms with Crippen molar-refractivity contribution in [3.05, 3.63) is 23.8 Å². The second-order valence-corrected chi connectivity index (χ2v) is 3.13. The van der Waals surface area contributed by atoms with Crippen molar-refractivity contribution in [2.75, 3.05) is 5.73 Å². The van der Waals surface area contributed by atoms with Gasteiger partial charge in [-0.2, -0.15) is 0 Å². The predicted octanol–water partition coefficient (Wildman–Crippen LogP) is 2.49. The van der Waals surface area contributed by atoms with Crippen LogP contribution in [0.2, 0.25) is 0 Å². The van der Waals surface area contributed by atoms with Gasteiger partial charge >= 0.3 is 0 Å². The molecule has 3 N–H and O–H groups in total. The summed E-state index contributed by atoms with van der Waals surface area (Å²) in [6.07, 6.45) is 1.09. The molecule has 1 aromatic rings. The lowest BCUT2D eigenvalue weighted by Crippen LogP contribution is -1.93. The van der Waals surface area contributed by atoms with Crippen LogP contribution in [0, 0.1) is 0 Å². The van der Waals surface area contributed by atoms with E-state index >= 15 is 0 Å². The number of nitrogens with two attached hydrogens (primary N) is 1. The summed E-state index contributed by atoms with van der Waals surface area (Å²) in [6, 6.07) is 5.40. The summed E-state index contributed by atoms with van der Waals surface area (Å²) in [5, 5.41) is 9.17. The Labute approximate surface area is 73.0 Å². The first-order valence-electron chi connectivity index (χ1n) is 4.23. The first-order chi connectivity index (χ1) is 5.65. The molecule has 66 valence electrons.